The van der Waals surface area contributed by atoms with Crippen molar-refractivity contribution < 1.29 is 61.9 Å². The van der Waals surface area contributed by atoms with E-state index < -0.39 is 0 Å². The Morgan fingerprint density at radius 2 is 1.41 bits per heavy atom. The minimum absolute atomic E-state index is 0. The first-order valence-electron chi connectivity index (χ1n) is 4.57. The van der Waals surface area contributed by atoms with E-state index in [4.69, 9.17) is 0 Å². The standard InChI is InChI=1S/C12H8P.3ClH.Zr/c1-3-7-11-9(5-1)10-6-2-4-8-12(10)13-11;;;;/h1-5,7-8,13H;3*1H;/q;;;;+3/p-3. The molecule has 5 heteroatoms. The molecule has 3 rings (SSSR count). The molecular formula is C12H8Cl3PZr. The van der Waals surface area contributed by atoms with E-state index in [1.807, 2.05) is 0 Å². The molecule has 17 heavy (non-hydrogen) atoms. The molecule has 3 aromatic rings. The van der Waals surface area contributed by atoms with Gasteiger partial charge < -0.3 is 37.2 Å². The Kier molecular flexibility index (Phi) is 7.38. The van der Waals surface area contributed by atoms with Crippen LogP contribution < -0.4 is 40.5 Å². The fourth-order valence-corrected chi connectivity index (χ4v) is 4.49. The molecule has 0 aliphatic carbocycles. The minimum atomic E-state index is 0. The first-order valence-corrected chi connectivity index (χ1v) is 6.80. The Morgan fingerprint density at radius 1 is 0.765 bits per heavy atom. The molecule has 1 aromatic heterocycles. The van der Waals surface area contributed by atoms with Crippen molar-refractivity contribution in [2.45, 2.75) is 0 Å². The first kappa shape index (κ1) is 17.5. The fraction of sp³-hybridized carbons (Fsp3) is 0. The number of hydrogen-bond acceptors (Lipinski definition) is 0. The van der Waals surface area contributed by atoms with Crippen LogP contribution >= 0.6 is 8.19 Å². The molecule has 0 saturated heterocycles. The molecule has 1 heterocycles. The fourth-order valence-electron chi connectivity index (χ4n) is 1.90. The van der Waals surface area contributed by atoms with Gasteiger partial charge in [-0.05, 0) is 0 Å². The zero-order chi connectivity index (χ0) is 9.54. The average Bonchev–Trinajstić information content (AvgIpc) is 2.57. The monoisotopic (exact) mass is 378 g/mol. The Bertz CT molecular complexity index is 621. The molecule has 0 spiro atoms. The summed E-state index contributed by atoms with van der Waals surface area (Å²) in [5.41, 5.74) is 0. The van der Waals surface area contributed by atoms with Gasteiger partial charge in [0.2, 0.25) is 0 Å². The van der Waals surface area contributed by atoms with Crippen LogP contribution in [0.4, 0.5) is 0 Å². The zero-order valence-electron chi connectivity index (χ0n) is 8.68. The summed E-state index contributed by atoms with van der Waals surface area (Å²) in [7, 11) is 0.862. The van der Waals surface area contributed by atoms with Crippen LogP contribution in [0.3, 0.4) is 0 Å². The Labute approximate surface area is 136 Å². The quantitative estimate of drug-likeness (QED) is 0.365. The van der Waals surface area contributed by atoms with Crippen molar-refractivity contribution in [2.75, 3.05) is 0 Å². The second kappa shape index (κ2) is 7.17. The van der Waals surface area contributed by atoms with Crippen molar-refractivity contribution in [2.24, 2.45) is 0 Å². The molecular weight excluding hydrogens is 373 g/mol. The molecule has 0 amide bonds. The third-order valence-corrected chi connectivity index (χ3v) is 4.95. The maximum absolute atomic E-state index is 2.27. The van der Waals surface area contributed by atoms with Gasteiger partial charge in [0.25, 0.3) is 0 Å². The summed E-state index contributed by atoms with van der Waals surface area (Å²) in [5, 5.41) is 6.02. The van der Waals surface area contributed by atoms with Crippen LogP contribution in [0.1, 0.15) is 0 Å². The van der Waals surface area contributed by atoms with Crippen LogP contribution in [0.25, 0.3) is 21.0 Å². The number of fused-ring (bicyclic) bond motifs is 3. The van der Waals surface area contributed by atoms with E-state index in [0.717, 1.165) is 8.19 Å². The molecule has 1 unspecified atom stereocenters. The van der Waals surface area contributed by atoms with Gasteiger partial charge in [-0.15, -0.1) is 0 Å². The van der Waals surface area contributed by atoms with Gasteiger partial charge in [0.15, 0.2) is 0 Å². The van der Waals surface area contributed by atoms with Crippen molar-refractivity contribution >= 4 is 32.5 Å². The SMILES string of the molecule is [Cl-].[Cl-].[Cl-].[Zr+3][c]1cccc2[pH]c3ccccc3c12. The Morgan fingerprint density at radius 3 is 2.18 bits per heavy atom. The molecule has 0 aliphatic rings. The molecule has 0 N–H and O–H groups in total. The van der Waals surface area contributed by atoms with Crippen LogP contribution in [0.15, 0.2) is 42.5 Å². The summed E-state index contributed by atoms with van der Waals surface area (Å²) < 4.78 is 1.49. The van der Waals surface area contributed by atoms with Gasteiger partial charge in [-0.2, -0.15) is 0 Å². The topological polar surface area (TPSA) is 0 Å². The van der Waals surface area contributed by atoms with Gasteiger partial charge in [-0.1, -0.05) is 0 Å². The van der Waals surface area contributed by atoms with Crippen molar-refractivity contribution in [1.29, 1.82) is 0 Å². The summed E-state index contributed by atoms with van der Waals surface area (Å²) in [4.78, 5) is 0. The molecule has 0 nitrogen and oxygen atoms in total. The van der Waals surface area contributed by atoms with Gasteiger partial charge in [0.05, 0.1) is 0 Å². The van der Waals surface area contributed by atoms with E-state index in [1.165, 1.54) is 49.0 Å². The third-order valence-electron chi connectivity index (χ3n) is 2.53. The summed E-state index contributed by atoms with van der Waals surface area (Å²) in [6.07, 6.45) is 0. The number of hydrogen-bond donors (Lipinski definition) is 0. The molecule has 86 valence electrons. The van der Waals surface area contributed by atoms with E-state index in [0.29, 0.717) is 0 Å². The molecule has 0 fully saturated rings. The molecule has 1 atom stereocenters. The van der Waals surface area contributed by atoms with Gasteiger partial charge in [-0.25, -0.2) is 0 Å². The average molecular weight is 381 g/mol. The van der Waals surface area contributed by atoms with Gasteiger partial charge in [-0.3, -0.25) is 0 Å². The predicted molar refractivity (Wildman–Crippen MR) is 60.6 cm³/mol. The third kappa shape index (κ3) is 3.09. The van der Waals surface area contributed by atoms with E-state index in [2.05, 4.69) is 42.5 Å². The number of benzene rings is 2. The number of halogens is 3. The van der Waals surface area contributed by atoms with Crippen LogP contribution in [-0.2, 0) is 24.7 Å². The molecule has 2 aromatic carbocycles. The normalized spacial score (nSPS) is 9.76. The second-order valence-electron chi connectivity index (χ2n) is 3.40. The van der Waals surface area contributed by atoms with Crippen LogP contribution in [-0.4, -0.2) is 0 Å². The first-order chi connectivity index (χ1) is 6.86. The van der Waals surface area contributed by atoms with Crippen LogP contribution in [0, 0.1) is 0 Å². The van der Waals surface area contributed by atoms with Gasteiger partial charge in [0.1, 0.15) is 0 Å². The van der Waals surface area contributed by atoms with Crippen molar-refractivity contribution in [1.82, 2.24) is 0 Å². The molecule has 0 radical (unpaired) electrons. The second-order valence-corrected chi connectivity index (χ2v) is 6.05. The van der Waals surface area contributed by atoms with Crippen LogP contribution in [0.5, 0.6) is 0 Å². The van der Waals surface area contributed by atoms with Gasteiger partial charge >= 0.3 is 99.7 Å². The van der Waals surface area contributed by atoms with Crippen LogP contribution in [0.2, 0.25) is 0 Å². The molecule has 0 aliphatic heterocycles. The Hall–Kier alpha value is 0.493. The van der Waals surface area contributed by atoms with Gasteiger partial charge in [0, 0.05) is 0 Å². The number of rotatable bonds is 0. The van der Waals surface area contributed by atoms with E-state index >= 15 is 0 Å². The van der Waals surface area contributed by atoms with E-state index in [-0.39, 0.29) is 37.2 Å². The Balaban J connectivity index is 0.000000853. The van der Waals surface area contributed by atoms with Crippen molar-refractivity contribution in [3.63, 3.8) is 0 Å². The van der Waals surface area contributed by atoms with E-state index in [9.17, 15) is 0 Å². The van der Waals surface area contributed by atoms with Crippen molar-refractivity contribution in [3.8, 4) is 0 Å². The zero-order valence-corrected chi connectivity index (χ0v) is 14.4. The summed E-state index contributed by atoms with van der Waals surface area (Å²) in [5.74, 6) is 0. The summed E-state index contributed by atoms with van der Waals surface area (Å²) >= 11 is 1.52. The molecule has 0 bridgehead atoms. The van der Waals surface area contributed by atoms with Crippen molar-refractivity contribution in [3.05, 3.63) is 42.5 Å². The predicted octanol–water partition coefficient (Wildman–Crippen LogP) is -5.79. The van der Waals surface area contributed by atoms with E-state index in [1.54, 1.807) is 0 Å². The summed E-state index contributed by atoms with van der Waals surface area (Å²) in [6.45, 7) is 0. The molecule has 0 saturated carbocycles. The maximum atomic E-state index is 2.27. The summed E-state index contributed by atoms with van der Waals surface area (Å²) in [6, 6.07) is 15.5.